The molecule has 0 radical (unpaired) electrons. The van der Waals surface area contributed by atoms with Crippen LogP contribution >= 0.6 is 11.8 Å². The van der Waals surface area contributed by atoms with E-state index in [1.165, 1.54) is 11.8 Å². The summed E-state index contributed by atoms with van der Waals surface area (Å²) in [5.74, 6) is 1.53. The van der Waals surface area contributed by atoms with E-state index in [-0.39, 0.29) is 0 Å². The topological polar surface area (TPSA) is 77.8 Å². The molecule has 0 N–H and O–H groups in total. The van der Waals surface area contributed by atoms with Gasteiger partial charge < -0.3 is 8.83 Å². The molecule has 4 aromatic rings. The van der Waals surface area contributed by atoms with E-state index in [1.807, 2.05) is 42.5 Å². The van der Waals surface area contributed by atoms with Crippen LogP contribution < -0.4 is 0 Å². The fourth-order valence-electron chi connectivity index (χ4n) is 1.94. The number of rotatable bonds is 4. The highest BCUT2D eigenvalue weighted by atomic mass is 32.2. The third-order valence-electron chi connectivity index (χ3n) is 2.95. The summed E-state index contributed by atoms with van der Waals surface area (Å²) in [6, 6.07) is 13.3. The van der Waals surface area contributed by atoms with Crippen molar-refractivity contribution >= 4 is 23.0 Å². The summed E-state index contributed by atoms with van der Waals surface area (Å²) in [4.78, 5) is 8.42. The summed E-state index contributed by atoms with van der Waals surface area (Å²) in [5.41, 5.74) is 2.17. The number of benzene rings is 1. The number of pyridine rings is 1. The Morgan fingerprint density at radius 3 is 2.73 bits per heavy atom. The van der Waals surface area contributed by atoms with Crippen LogP contribution in [0.1, 0.15) is 5.89 Å². The average molecular weight is 310 g/mol. The maximum Gasteiger partial charge on any atom is 0.258 e. The van der Waals surface area contributed by atoms with Crippen molar-refractivity contribution in [2.75, 3.05) is 0 Å². The third-order valence-corrected chi connectivity index (χ3v) is 3.76. The summed E-state index contributed by atoms with van der Waals surface area (Å²) >= 11 is 1.39. The van der Waals surface area contributed by atoms with E-state index in [0.717, 1.165) is 5.56 Å². The molecule has 7 heteroatoms. The minimum Gasteiger partial charge on any atom is -0.430 e. The smallest absolute Gasteiger partial charge is 0.258 e. The first-order valence-electron chi connectivity index (χ1n) is 6.61. The van der Waals surface area contributed by atoms with Crippen LogP contribution in [0.2, 0.25) is 0 Å². The molecule has 0 saturated carbocycles. The van der Waals surface area contributed by atoms with Crippen molar-refractivity contribution in [1.29, 1.82) is 0 Å². The van der Waals surface area contributed by atoms with Crippen LogP contribution in [0.15, 0.2) is 62.7 Å². The monoisotopic (exact) mass is 310 g/mol. The van der Waals surface area contributed by atoms with Crippen LogP contribution in [0.25, 0.3) is 22.7 Å². The maximum absolute atomic E-state index is 5.64. The lowest BCUT2D eigenvalue weighted by Crippen LogP contribution is -1.80. The van der Waals surface area contributed by atoms with E-state index in [9.17, 15) is 0 Å². The molecule has 0 amide bonds. The fraction of sp³-hybridized carbons (Fsp3) is 0.0667. The van der Waals surface area contributed by atoms with Crippen molar-refractivity contribution in [3.05, 3.63) is 54.6 Å². The zero-order valence-electron chi connectivity index (χ0n) is 11.3. The highest BCUT2D eigenvalue weighted by molar-refractivity contribution is 7.98. The third kappa shape index (κ3) is 2.58. The molecular formula is C15H10N4O2S. The van der Waals surface area contributed by atoms with Crippen LogP contribution in [0, 0.1) is 0 Å². The predicted molar refractivity (Wildman–Crippen MR) is 81.1 cm³/mol. The van der Waals surface area contributed by atoms with Gasteiger partial charge in [-0.2, -0.15) is 4.98 Å². The minimum atomic E-state index is 0.493. The van der Waals surface area contributed by atoms with Crippen LogP contribution in [0.4, 0.5) is 0 Å². The number of hydrogen-bond donors (Lipinski definition) is 0. The van der Waals surface area contributed by atoms with Crippen LogP contribution in [0.3, 0.4) is 0 Å². The first-order valence-corrected chi connectivity index (χ1v) is 7.59. The van der Waals surface area contributed by atoms with E-state index in [1.54, 1.807) is 6.20 Å². The van der Waals surface area contributed by atoms with Gasteiger partial charge in [-0.1, -0.05) is 30.0 Å². The van der Waals surface area contributed by atoms with E-state index >= 15 is 0 Å². The molecule has 3 heterocycles. The lowest BCUT2D eigenvalue weighted by Gasteiger charge is -1.92. The average Bonchev–Trinajstić information content (AvgIpc) is 3.20. The molecule has 0 saturated heterocycles. The fourth-order valence-corrected chi connectivity index (χ4v) is 2.61. The Kier molecular flexibility index (Phi) is 3.32. The Hall–Kier alpha value is -2.67. The summed E-state index contributed by atoms with van der Waals surface area (Å²) in [6.45, 7) is 0. The van der Waals surface area contributed by atoms with Crippen LogP contribution in [-0.2, 0) is 5.75 Å². The lowest BCUT2D eigenvalue weighted by atomic mass is 10.2. The highest BCUT2D eigenvalue weighted by Crippen LogP contribution is 2.26. The van der Waals surface area contributed by atoms with E-state index in [0.29, 0.717) is 34.0 Å². The van der Waals surface area contributed by atoms with Gasteiger partial charge in [-0.15, -0.1) is 10.2 Å². The number of oxazole rings is 1. The molecule has 0 aliphatic rings. The number of hydrogen-bond acceptors (Lipinski definition) is 7. The molecule has 108 valence electrons. The number of thioether (sulfide) groups is 1. The van der Waals surface area contributed by atoms with Crippen molar-refractivity contribution in [3.8, 4) is 11.5 Å². The second-order valence-electron chi connectivity index (χ2n) is 4.46. The van der Waals surface area contributed by atoms with Gasteiger partial charge in [0.25, 0.3) is 5.22 Å². The van der Waals surface area contributed by atoms with Gasteiger partial charge in [-0.25, -0.2) is 4.98 Å². The summed E-state index contributed by atoms with van der Waals surface area (Å²) in [5, 5.41) is 8.62. The van der Waals surface area contributed by atoms with Crippen LogP contribution in [-0.4, -0.2) is 20.2 Å². The quantitative estimate of drug-likeness (QED) is 0.533. The summed E-state index contributed by atoms with van der Waals surface area (Å²) < 4.78 is 11.2. The lowest BCUT2D eigenvalue weighted by molar-refractivity contribution is 0.486. The number of aromatic nitrogens is 4. The Labute approximate surface area is 129 Å². The van der Waals surface area contributed by atoms with Gasteiger partial charge in [0, 0.05) is 11.8 Å². The van der Waals surface area contributed by atoms with Crippen molar-refractivity contribution in [2.45, 2.75) is 11.0 Å². The predicted octanol–water partition coefficient (Wildman–Crippen LogP) is 3.57. The molecule has 0 spiro atoms. The molecule has 0 bridgehead atoms. The maximum atomic E-state index is 5.64. The first kappa shape index (κ1) is 13.0. The first-order chi connectivity index (χ1) is 10.9. The van der Waals surface area contributed by atoms with Gasteiger partial charge in [0.1, 0.15) is 0 Å². The summed E-state index contributed by atoms with van der Waals surface area (Å²) in [6.07, 6.45) is 1.68. The molecule has 0 atom stereocenters. The Bertz CT molecular complexity index is 871. The molecule has 0 unspecified atom stereocenters. The molecule has 3 aromatic heterocycles. The van der Waals surface area contributed by atoms with Gasteiger partial charge in [0.05, 0.1) is 5.75 Å². The molecule has 22 heavy (non-hydrogen) atoms. The Morgan fingerprint density at radius 2 is 1.86 bits per heavy atom. The van der Waals surface area contributed by atoms with E-state index in [4.69, 9.17) is 8.83 Å². The number of nitrogens with zero attached hydrogens (tertiary/aromatic N) is 4. The van der Waals surface area contributed by atoms with Gasteiger partial charge in [0.2, 0.25) is 11.8 Å². The van der Waals surface area contributed by atoms with Crippen LogP contribution in [0.5, 0.6) is 0 Å². The second kappa shape index (κ2) is 5.61. The van der Waals surface area contributed by atoms with Gasteiger partial charge in [0.15, 0.2) is 11.2 Å². The van der Waals surface area contributed by atoms with E-state index < -0.39 is 0 Å². The van der Waals surface area contributed by atoms with Crippen molar-refractivity contribution in [3.63, 3.8) is 0 Å². The molecule has 1 aromatic carbocycles. The SMILES string of the molecule is c1ccc(-c2nnc(CSc3nc4ncccc4o3)o2)cc1. The Morgan fingerprint density at radius 1 is 0.955 bits per heavy atom. The zero-order valence-corrected chi connectivity index (χ0v) is 12.2. The van der Waals surface area contributed by atoms with Gasteiger partial charge in [-0.05, 0) is 24.3 Å². The largest absolute Gasteiger partial charge is 0.430 e. The Balaban J connectivity index is 1.49. The normalized spacial score (nSPS) is 11.1. The highest BCUT2D eigenvalue weighted by Gasteiger charge is 2.11. The summed E-state index contributed by atoms with van der Waals surface area (Å²) in [7, 11) is 0. The number of fused-ring (bicyclic) bond motifs is 1. The molecule has 6 nitrogen and oxygen atoms in total. The van der Waals surface area contributed by atoms with Gasteiger partial charge in [-0.3, -0.25) is 0 Å². The standard InChI is InChI=1S/C15H10N4O2S/c1-2-5-10(6-3-1)14-19-18-12(21-14)9-22-15-17-13-11(20-15)7-4-8-16-13/h1-8H,9H2. The van der Waals surface area contributed by atoms with Gasteiger partial charge >= 0.3 is 0 Å². The van der Waals surface area contributed by atoms with Crippen molar-refractivity contribution in [1.82, 2.24) is 20.2 Å². The molecular weight excluding hydrogens is 300 g/mol. The molecule has 0 aliphatic carbocycles. The van der Waals surface area contributed by atoms with E-state index in [2.05, 4.69) is 20.2 Å². The minimum absolute atomic E-state index is 0.493. The zero-order chi connectivity index (χ0) is 14.8. The molecule has 4 rings (SSSR count). The molecule has 0 fully saturated rings. The van der Waals surface area contributed by atoms with Crippen molar-refractivity contribution in [2.24, 2.45) is 0 Å². The van der Waals surface area contributed by atoms with Crippen molar-refractivity contribution < 1.29 is 8.83 Å². The second-order valence-corrected chi connectivity index (χ2v) is 5.39. The molecule has 0 aliphatic heterocycles.